The zero-order valence-electron chi connectivity index (χ0n) is 19.7. The first kappa shape index (κ1) is 26.1. The molecule has 0 spiro atoms. The molecule has 2 N–H and O–H groups in total. The second-order valence-corrected chi connectivity index (χ2v) is 7.82. The van der Waals surface area contributed by atoms with Crippen molar-refractivity contribution in [2.24, 2.45) is 0 Å². The molecule has 36 heavy (non-hydrogen) atoms. The lowest BCUT2D eigenvalue weighted by molar-refractivity contribution is 0.230. The summed E-state index contributed by atoms with van der Waals surface area (Å²) in [5.41, 5.74) is 0.714. The molecule has 4 amide bonds. The Morgan fingerprint density at radius 3 is 1.11 bits per heavy atom. The molecule has 0 atom stereocenters. The monoisotopic (exact) mass is 506 g/mol. The number of benzene rings is 3. The van der Waals surface area contributed by atoms with Gasteiger partial charge in [0.05, 0.1) is 0 Å². The maximum absolute atomic E-state index is 14.6. The fourth-order valence-corrected chi connectivity index (χ4v) is 2.69. The first-order valence-electron chi connectivity index (χ1n) is 10.4. The number of anilines is 2. The molecular weight excluding hydrogens is 484 g/mol. The molecule has 8 nitrogen and oxygen atoms in total. The molecule has 0 unspecified atom stereocenters. The summed E-state index contributed by atoms with van der Waals surface area (Å²) in [5, 5.41) is 5.09. The van der Waals surface area contributed by atoms with Crippen LogP contribution in [0.2, 0.25) is 0 Å². The van der Waals surface area contributed by atoms with Crippen molar-refractivity contribution in [2.75, 3.05) is 38.8 Å². The van der Waals surface area contributed by atoms with Gasteiger partial charge >= 0.3 is 12.1 Å². The largest absolute Gasteiger partial charge is 0.451 e. The molecule has 0 aliphatic carbocycles. The van der Waals surface area contributed by atoms with E-state index in [2.05, 4.69) is 10.6 Å². The quantitative estimate of drug-likeness (QED) is 0.317. The van der Waals surface area contributed by atoms with Gasteiger partial charge in [0.25, 0.3) is 0 Å². The number of carbonyl (C=O) groups excluding carboxylic acids is 2. The first-order chi connectivity index (χ1) is 17.0. The van der Waals surface area contributed by atoms with E-state index >= 15 is 0 Å². The Morgan fingerprint density at radius 2 is 0.861 bits per heavy atom. The van der Waals surface area contributed by atoms with Gasteiger partial charge in [0.15, 0.2) is 0 Å². The van der Waals surface area contributed by atoms with Crippen molar-refractivity contribution in [3.63, 3.8) is 0 Å². The number of rotatable bonds is 6. The van der Waals surface area contributed by atoms with Gasteiger partial charge in [0, 0.05) is 39.6 Å². The van der Waals surface area contributed by atoms with Crippen molar-refractivity contribution in [2.45, 2.75) is 0 Å². The Kier molecular flexibility index (Phi) is 7.87. The van der Waals surface area contributed by atoms with Crippen LogP contribution in [0.4, 0.5) is 38.5 Å². The molecule has 0 aliphatic rings. The molecule has 3 aromatic rings. The van der Waals surface area contributed by atoms with Gasteiger partial charge in [-0.05, 0) is 48.5 Å². The summed E-state index contributed by atoms with van der Waals surface area (Å²) >= 11 is 0. The number of amides is 4. The van der Waals surface area contributed by atoms with E-state index < -0.39 is 46.8 Å². The van der Waals surface area contributed by atoms with Crippen LogP contribution in [0.3, 0.4) is 0 Å². The van der Waals surface area contributed by atoms with E-state index in [9.17, 15) is 27.2 Å². The molecule has 0 aliphatic heterocycles. The molecule has 12 heteroatoms. The lowest BCUT2D eigenvalue weighted by atomic mass is 10.2. The van der Waals surface area contributed by atoms with Gasteiger partial charge in [-0.25, -0.2) is 9.59 Å². The molecule has 0 saturated carbocycles. The van der Waals surface area contributed by atoms with Gasteiger partial charge < -0.3 is 29.9 Å². The third-order valence-electron chi connectivity index (χ3n) is 4.65. The van der Waals surface area contributed by atoms with Crippen LogP contribution in [0.25, 0.3) is 0 Å². The second-order valence-electron chi connectivity index (χ2n) is 7.82. The van der Waals surface area contributed by atoms with Gasteiger partial charge in [-0.2, -0.15) is 17.6 Å². The molecule has 190 valence electrons. The highest BCUT2D eigenvalue weighted by molar-refractivity contribution is 5.89. The van der Waals surface area contributed by atoms with Crippen molar-refractivity contribution in [3.8, 4) is 23.0 Å². The lowest BCUT2D eigenvalue weighted by Crippen LogP contribution is -2.27. The first-order valence-corrected chi connectivity index (χ1v) is 10.4. The maximum Gasteiger partial charge on any atom is 0.321 e. The number of hydrogen-bond donors (Lipinski definition) is 2. The Morgan fingerprint density at radius 1 is 0.583 bits per heavy atom. The van der Waals surface area contributed by atoms with Crippen LogP contribution < -0.4 is 20.1 Å². The Bertz CT molecular complexity index is 1140. The normalized spacial score (nSPS) is 10.4. The molecule has 0 heterocycles. The molecule has 0 saturated heterocycles. The van der Waals surface area contributed by atoms with Crippen LogP contribution >= 0.6 is 0 Å². The van der Waals surface area contributed by atoms with E-state index in [1.54, 1.807) is 0 Å². The highest BCUT2D eigenvalue weighted by Gasteiger charge is 2.29. The fourth-order valence-electron chi connectivity index (χ4n) is 2.69. The summed E-state index contributed by atoms with van der Waals surface area (Å²) in [6, 6.07) is 9.69. The third kappa shape index (κ3) is 5.95. The topological polar surface area (TPSA) is 83.1 Å². The highest BCUT2D eigenvalue weighted by Crippen LogP contribution is 2.39. The van der Waals surface area contributed by atoms with Crippen molar-refractivity contribution < 1.29 is 36.6 Å². The van der Waals surface area contributed by atoms with Gasteiger partial charge in [-0.15, -0.1) is 0 Å². The van der Waals surface area contributed by atoms with Gasteiger partial charge in [-0.1, -0.05) is 0 Å². The summed E-state index contributed by atoms with van der Waals surface area (Å²) in [4.78, 5) is 25.9. The molecule has 0 bridgehead atoms. The zero-order valence-corrected chi connectivity index (χ0v) is 19.7. The van der Waals surface area contributed by atoms with E-state index in [0.717, 1.165) is 0 Å². The Hall–Kier alpha value is -4.48. The average molecular weight is 506 g/mol. The minimum atomic E-state index is -1.80. The van der Waals surface area contributed by atoms with Gasteiger partial charge in [0.2, 0.25) is 34.8 Å². The molecule has 3 rings (SSSR count). The predicted molar refractivity (Wildman–Crippen MR) is 125 cm³/mol. The number of carbonyl (C=O) groups is 2. The van der Waals surface area contributed by atoms with Crippen LogP contribution in [0, 0.1) is 23.3 Å². The van der Waals surface area contributed by atoms with Crippen LogP contribution in [0.5, 0.6) is 23.0 Å². The summed E-state index contributed by atoms with van der Waals surface area (Å²) in [5.74, 6) is -10.1. The van der Waals surface area contributed by atoms with Crippen LogP contribution in [0.15, 0.2) is 48.5 Å². The SMILES string of the molecule is CN(C)C(=O)Nc1ccc(Oc2c(F)c(F)c(Oc3ccc(NC(=O)N(C)C)cc3)c(F)c2F)cc1. The van der Waals surface area contributed by atoms with E-state index in [4.69, 9.17) is 9.47 Å². The van der Waals surface area contributed by atoms with E-state index in [-0.39, 0.29) is 11.5 Å². The Labute approximate surface area is 204 Å². The van der Waals surface area contributed by atoms with Crippen LogP contribution in [0.1, 0.15) is 0 Å². The van der Waals surface area contributed by atoms with E-state index in [0.29, 0.717) is 11.4 Å². The van der Waals surface area contributed by atoms with Crippen molar-refractivity contribution in [1.29, 1.82) is 0 Å². The molecule has 3 aromatic carbocycles. The van der Waals surface area contributed by atoms with Gasteiger partial charge in [-0.3, -0.25) is 0 Å². The molecule has 0 fully saturated rings. The average Bonchev–Trinajstić information content (AvgIpc) is 2.85. The molecule has 0 radical (unpaired) electrons. The van der Waals surface area contributed by atoms with Crippen LogP contribution in [-0.4, -0.2) is 50.1 Å². The summed E-state index contributed by atoms with van der Waals surface area (Å²) < 4.78 is 68.5. The van der Waals surface area contributed by atoms with Crippen LogP contribution in [-0.2, 0) is 0 Å². The fraction of sp³-hybridized carbons (Fsp3) is 0.167. The number of urea groups is 2. The van der Waals surface area contributed by atoms with Gasteiger partial charge in [0.1, 0.15) is 11.5 Å². The minimum Gasteiger partial charge on any atom is -0.451 e. The third-order valence-corrected chi connectivity index (χ3v) is 4.65. The van der Waals surface area contributed by atoms with E-state index in [1.165, 1.54) is 86.5 Å². The smallest absolute Gasteiger partial charge is 0.321 e. The van der Waals surface area contributed by atoms with E-state index in [1.807, 2.05) is 0 Å². The summed E-state index contributed by atoms with van der Waals surface area (Å²) in [7, 11) is 6.15. The Balaban J connectivity index is 1.79. The number of ether oxygens (including phenoxy) is 2. The maximum atomic E-state index is 14.6. The summed E-state index contributed by atoms with van der Waals surface area (Å²) in [6.45, 7) is 0. The van der Waals surface area contributed by atoms with Crippen molar-refractivity contribution in [1.82, 2.24) is 9.80 Å². The second kappa shape index (κ2) is 10.8. The molecule has 0 aromatic heterocycles. The highest BCUT2D eigenvalue weighted by atomic mass is 19.2. The standard InChI is InChI=1S/C24H22F4N4O4/c1-31(2)23(33)29-13-5-9-15(10-6-13)35-21-17(25)19(27)22(20(28)18(21)26)36-16-11-7-14(8-12-16)30-24(34)32(3)4/h5-12H,1-4H3,(H,29,33)(H,30,34). The number of halogens is 4. The van der Waals surface area contributed by atoms with Crippen molar-refractivity contribution in [3.05, 3.63) is 71.8 Å². The molecular formula is C24H22F4N4O4. The number of hydrogen-bond acceptors (Lipinski definition) is 4. The number of nitrogens with zero attached hydrogens (tertiary/aromatic N) is 2. The zero-order chi connectivity index (χ0) is 26.6. The summed E-state index contributed by atoms with van der Waals surface area (Å²) in [6.07, 6.45) is 0. The van der Waals surface area contributed by atoms with Crippen molar-refractivity contribution >= 4 is 23.4 Å². The predicted octanol–water partition coefficient (Wildman–Crippen LogP) is 6.01. The lowest BCUT2D eigenvalue weighted by Gasteiger charge is -2.15. The minimum absolute atomic E-state index is 0.140. The number of nitrogens with one attached hydrogen (secondary N) is 2.